The average Bonchev–Trinajstić information content (AvgIpc) is 2.53. The fourth-order valence-corrected chi connectivity index (χ4v) is 4.59. The van der Waals surface area contributed by atoms with Gasteiger partial charge in [-0.25, -0.2) is 0 Å². The van der Waals surface area contributed by atoms with Crippen molar-refractivity contribution < 1.29 is 4.74 Å². The van der Waals surface area contributed by atoms with Crippen molar-refractivity contribution >= 4 is 0 Å². The van der Waals surface area contributed by atoms with Gasteiger partial charge in [-0.15, -0.1) is 0 Å². The molecule has 0 bridgehead atoms. The molecular formula is C19H37NO. The molecule has 2 rings (SSSR count). The molecule has 0 heterocycles. The Balaban J connectivity index is 2.02. The van der Waals surface area contributed by atoms with Crippen molar-refractivity contribution in [1.82, 2.24) is 5.32 Å². The summed E-state index contributed by atoms with van der Waals surface area (Å²) in [5, 5.41) is 3.89. The molecule has 0 aromatic heterocycles. The predicted molar refractivity (Wildman–Crippen MR) is 90.7 cm³/mol. The SMILES string of the molecule is CCCNC(CC1CCCCC1)C1(OCC)CCCCC1. The summed E-state index contributed by atoms with van der Waals surface area (Å²) in [6, 6.07) is 0.584. The number of nitrogens with one attached hydrogen (secondary N) is 1. The molecule has 1 atom stereocenters. The van der Waals surface area contributed by atoms with Gasteiger partial charge in [0.25, 0.3) is 0 Å². The summed E-state index contributed by atoms with van der Waals surface area (Å²) in [5.41, 5.74) is 0.139. The molecule has 0 aliphatic heterocycles. The Morgan fingerprint density at radius 1 is 1.00 bits per heavy atom. The second kappa shape index (κ2) is 9.15. The Morgan fingerprint density at radius 2 is 1.67 bits per heavy atom. The number of ether oxygens (including phenoxy) is 1. The van der Waals surface area contributed by atoms with E-state index in [1.165, 1.54) is 77.0 Å². The van der Waals surface area contributed by atoms with Gasteiger partial charge in [-0.2, -0.15) is 0 Å². The molecular weight excluding hydrogens is 258 g/mol. The van der Waals surface area contributed by atoms with Gasteiger partial charge in [0.1, 0.15) is 0 Å². The van der Waals surface area contributed by atoms with E-state index in [4.69, 9.17) is 4.74 Å². The molecule has 0 aromatic carbocycles. The van der Waals surface area contributed by atoms with Crippen molar-refractivity contribution in [3.8, 4) is 0 Å². The minimum absolute atomic E-state index is 0.139. The molecule has 0 saturated heterocycles. The molecule has 2 fully saturated rings. The van der Waals surface area contributed by atoms with Gasteiger partial charge >= 0.3 is 0 Å². The van der Waals surface area contributed by atoms with Crippen LogP contribution in [0.2, 0.25) is 0 Å². The van der Waals surface area contributed by atoms with Crippen LogP contribution in [0.4, 0.5) is 0 Å². The molecule has 2 heteroatoms. The van der Waals surface area contributed by atoms with Gasteiger partial charge in [0.2, 0.25) is 0 Å². The Bertz CT molecular complexity index is 261. The van der Waals surface area contributed by atoms with Crippen LogP contribution in [0.25, 0.3) is 0 Å². The lowest BCUT2D eigenvalue weighted by Crippen LogP contribution is -2.54. The topological polar surface area (TPSA) is 21.3 Å². The van der Waals surface area contributed by atoms with Gasteiger partial charge in [0.15, 0.2) is 0 Å². The zero-order valence-electron chi connectivity index (χ0n) is 14.5. The van der Waals surface area contributed by atoms with Crippen LogP contribution < -0.4 is 5.32 Å². The largest absolute Gasteiger partial charge is 0.374 e. The summed E-state index contributed by atoms with van der Waals surface area (Å²) in [4.78, 5) is 0. The first kappa shape index (κ1) is 17.3. The third-order valence-corrected chi connectivity index (χ3v) is 5.70. The van der Waals surface area contributed by atoms with Crippen LogP contribution in [0.5, 0.6) is 0 Å². The summed E-state index contributed by atoms with van der Waals surface area (Å²) in [6.07, 6.45) is 16.5. The molecule has 21 heavy (non-hydrogen) atoms. The van der Waals surface area contributed by atoms with Crippen LogP contribution in [0.3, 0.4) is 0 Å². The third kappa shape index (κ3) is 4.96. The lowest BCUT2D eigenvalue weighted by Gasteiger charge is -2.45. The molecule has 2 aliphatic rings. The molecule has 0 aromatic rings. The van der Waals surface area contributed by atoms with Gasteiger partial charge in [0, 0.05) is 12.6 Å². The van der Waals surface area contributed by atoms with Crippen LogP contribution in [0.15, 0.2) is 0 Å². The summed E-state index contributed by atoms with van der Waals surface area (Å²) in [7, 11) is 0. The minimum Gasteiger partial charge on any atom is -0.374 e. The maximum Gasteiger partial charge on any atom is 0.0834 e. The van der Waals surface area contributed by atoms with Gasteiger partial charge in [0.05, 0.1) is 5.60 Å². The Morgan fingerprint density at radius 3 is 2.29 bits per heavy atom. The van der Waals surface area contributed by atoms with Crippen LogP contribution >= 0.6 is 0 Å². The monoisotopic (exact) mass is 295 g/mol. The highest BCUT2D eigenvalue weighted by atomic mass is 16.5. The fraction of sp³-hybridized carbons (Fsp3) is 1.00. The highest BCUT2D eigenvalue weighted by molar-refractivity contribution is 4.96. The quantitative estimate of drug-likeness (QED) is 0.675. The maximum atomic E-state index is 6.41. The molecule has 2 nitrogen and oxygen atoms in total. The highest BCUT2D eigenvalue weighted by Crippen LogP contribution is 2.39. The number of hydrogen-bond donors (Lipinski definition) is 1. The number of rotatable bonds is 8. The van der Waals surface area contributed by atoms with E-state index in [1.54, 1.807) is 0 Å². The Kier molecular flexibility index (Phi) is 7.53. The van der Waals surface area contributed by atoms with Crippen molar-refractivity contribution in [3.63, 3.8) is 0 Å². The molecule has 0 amide bonds. The second-order valence-corrected chi connectivity index (χ2v) is 7.30. The van der Waals surface area contributed by atoms with E-state index in [1.807, 2.05) is 0 Å². The lowest BCUT2D eigenvalue weighted by atomic mass is 9.74. The van der Waals surface area contributed by atoms with Gasteiger partial charge in [-0.1, -0.05) is 58.3 Å². The van der Waals surface area contributed by atoms with Crippen molar-refractivity contribution in [1.29, 1.82) is 0 Å². The van der Waals surface area contributed by atoms with Crippen LogP contribution in [-0.2, 0) is 4.74 Å². The normalized spacial score (nSPS) is 24.9. The fourth-order valence-electron chi connectivity index (χ4n) is 4.59. The summed E-state index contributed by atoms with van der Waals surface area (Å²) in [5.74, 6) is 0.937. The summed E-state index contributed by atoms with van der Waals surface area (Å²) in [6.45, 7) is 6.47. The lowest BCUT2D eigenvalue weighted by molar-refractivity contribution is -0.0949. The van der Waals surface area contributed by atoms with Crippen molar-refractivity contribution in [2.24, 2.45) is 5.92 Å². The molecule has 0 radical (unpaired) electrons. The molecule has 2 aliphatic carbocycles. The van der Waals surface area contributed by atoms with Crippen molar-refractivity contribution in [3.05, 3.63) is 0 Å². The maximum absolute atomic E-state index is 6.41. The zero-order chi connectivity index (χ0) is 15.0. The molecule has 0 spiro atoms. The Labute approximate surface area is 132 Å². The Hall–Kier alpha value is -0.0800. The molecule has 1 unspecified atom stereocenters. The number of hydrogen-bond acceptors (Lipinski definition) is 2. The zero-order valence-corrected chi connectivity index (χ0v) is 14.5. The minimum atomic E-state index is 0.139. The smallest absolute Gasteiger partial charge is 0.0834 e. The van der Waals surface area contributed by atoms with E-state index in [0.29, 0.717) is 6.04 Å². The van der Waals surface area contributed by atoms with E-state index < -0.39 is 0 Å². The van der Waals surface area contributed by atoms with E-state index >= 15 is 0 Å². The van der Waals surface area contributed by atoms with Gasteiger partial charge in [-0.3, -0.25) is 0 Å². The van der Waals surface area contributed by atoms with Crippen molar-refractivity contribution in [2.75, 3.05) is 13.2 Å². The van der Waals surface area contributed by atoms with Crippen LogP contribution in [-0.4, -0.2) is 24.8 Å². The molecule has 1 N–H and O–H groups in total. The van der Waals surface area contributed by atoms with E-state index in [2.05, 4.69) is 19.2 Å². The summed E-state index contributed by atoms with van der Waals surface area (Å²) >= 11 is 0. The van der Waals surface area contributed by atoms with Crippen molar-refractivity contribution in [2.45, 2.75) is 103 Å². The van der Waals surface area contributed by atoms with E-state index in [9.17, 15) is 0 Å². The third-order valence-electron chi connectivity index (χ3n) is 5.70. The standard InChI is InChI=1S/C19H37NO/c1-3-15-20-18(16-17-11-7-5-8-12-17)19(21-4-2)13-9-6-10-14-19/h17-18,20H,3-16H2,1-2H3. The van der Waals surface area contributed by atoms with Gasteiger partial charge in [-0.05, 0) is 45.1 Å². The summed E-state index contributed by atoms with van der Waals surface area (Å²) < 4.78 is 6.41. The molecule has 2 saturated carbocycles. The first-order valence-electron chi connectivity index (χ1n) is 9.68. The first-order valence-corrected chi connectivity index (χ1v) is 9.68. The van der Waals surface area contributed by atoms with E-state index in [0.717, 1.165) is 19.1 Å². The van der Waals surface area contributed by atoms with E-state index in [-0.39, 0.29) is 5.60 Å². The van der Waals surface area contributed by atoms with Gasteiger partial charge < -0.3 is 10.1 Å². The first-order chi connectivity index (χ1) is 10.3. The average molecular weight is 296 g/mol. The predicted octanol–water partition coefficient (Wildman–Crippen LogP) is 5.06. The molecule has 124 valence electrons. The van der Waals surface area contributed by atoms with Crippen LogP contribution in [0, 0.1) is 5.92 Å². The highest BCUT2D eigenvalue weighted by Gasteiger charge is 2.41. The van der Waals surface area contributed by atoms with Crippen LogP contribution in [0.1, 0.15) is 90.9 Å². The second-order valence-electron chi connectivity index (χ2n) is 7.30.